The summed E-state index contributed by atoms with van der Waals surface area (Å²) >= 11 is 0. The Morgan fingerprint density at radius 1 is 1.42 bits per heavy atom. The van der Waals surface area contributed by atoms with E-state index in [1.807, 2.05) is 37.3 Å². The molecule has 0 fully saturated rings. The molecule has 0 saturated heterocycles. The van der Waals surface area contributed by atoms with Gasteiger partial charge in [0.15, 0.2) is 0 Å². The van der Waals surface area contributed by atoms with E-state index in [-0.39, 0.29) is 12.5 Å². The van der Waals surface area contributed by atoms with Crippen LogP contribution in [0.2, 0.25) is 0 Å². The highest BCUT2D eigenvalue weighted by Crippen LogP contribution is 2.22. The van der Waals surface area contributed by atoms with E-state index in [9.17, 15) is 4.79 Å². The molecule has 2 aromatic rings. The zero-order valence-electron chi connectivity index (χ0n) is 10.8. The number of hydrogen-bond donors (Lipinski definition) is 2. The number of amides is 1. The van der Waals surface area contributed by atoms with Gasteiger partial charge < -0.3 is 15.8 Å². The van der Waals surface area contributed by atoms with Crippen LogP contribution in [0.3, 0.4) is 0 Å². The number of para-hydroxylation sites is 1. The number of benzene rings is 1. The van der Waals surface area contributed by atoms with Crippen LogP contribution in [0.15, 0.2) is 30.3 Å². The molecule has 2 rings (SSSR count). The molecule has 100 valence electrons. The van der Waals surface area contributed by atoms with Gasteiger partial charge in [0.05, 0.1) is 17.8 Å². The number of nitrogens with two attached hydrogens (primary N) is 1. The van der Waals surface area contributed by atoms with Gasteiger partial charge in [0.25, 0.3) is 0 Å². The van der Waals surface area contributed by atoms with Gasteiger partial charge in [0.1, 0.15) is 6.61 Å². The van der Waals surface area contributed by atoms with Crippen LogP contribution in [0, 0.1) is 6.92 Å². The van der Waals surface area contributed by atoms with Crippen molar-refractivity contribution in [2.45, 2.75) is 6.92 Å². The molecule has 19 heavy (non-hydrogen) atoms. The maximum atomic E-state index is 11.7. The predicted molar refractivity (Wildman–Crippen MR) is 75.0 cm³/mol. The lowest BCUT2D eigenvalue weighted by molar-refractivity contribution is -0.120. The van der Waals surface area contributed by atoms with E-state index in [1.165, 1.54) is 0 Å². The van der Waals surface area contributed by atoms with Gasteiger partial charge in [0, 0.05) is 17.6 Å². The number of aromatic nitrogens is 1. The normalized spacial score (nSPS) is 10.6. The smallest absolute Gasteiger partial charge is 0.250 e. The summed E-state index contributed by atoms with van der Waals surface area (Å²) in [4.78, 5) is 16.2. The Labute approximate surface area is 111 Å². The molecule has 5 nitrogen and oxygen atoms in total. The van der Waals surface area contributed by atoms with Crippen LogP contribution >= 0.6 is 0 Å². The Morgan fingerprint density at radius 2 is 2.21 bits per heavy atom. The Balaban J connectivity index is 2.18. The highest BCUT2D eigenvalue weighted by Gasteiger charge is 2.07. The van der Waals surface area contributed by atoms with Gasteiger partial charge >= 0.3 is 0 Å². The predicted octanol–water partition coefficient (Wildman–Crippen LogP) is 1.46. The fraction of sp³-hybridized carbons (Fsp3) is 0.286. The molecule has 3 N–H and O–H groups in total. The molecular weight excluding hydrogens is 242 g/mol. The number of pyridine rings is 1. The van der Waals surface area contributed by atoms with Crippen molar-refractivity contribution in [3.8, 4) is 0 Å². The Kier molecular flexibility index (Phi) is 4.43. The number of aryl methyl sites for hydroxylation is 1. The molecule has 0 spiro atoms. The Morgan fingerprint density at radius 3 is 3.00 bits per heavy atom. The monoisotopic (exact) mass is 259 g/mol. The van der Waals surface area contributed by atoms with Crippen molar-refractivity contribution in [2.24, 2.45) is 5.73 Å². The number of fused-ring (bicyclic) bond motifs is 1. The summed E-state index contributed by atoms with van der Waals surface area (Å²) in [6.07, 6.45) is 0. The van der Waals surface area contributed by atoms with E-state index in [2.05, 4.69) is 10.3 Å². The first-order valence-corrected chi connectivity index (χ1v) is 6.15. The summed E-state index contributed by atoms with van der Waals surface area (Å²) in [5.41, 5.74) is 7.77. The van der Waals surface area contributed by atoms with Crippen molar-refractivity contribution in [3.05, 3.63) is 36.0 Å². The van der Waals surface area contributed by atoms with E-state index < -0.39 is 0 Å². The third-order valence-electron chi connectivity index (χ3n) is 2.61. The average Bonchev–Trinajstić information content (AvgIpc) is 2.39. The quantitative estimate of drug-likeness (QED) is 0.797. The average molecular weight is 259 g/mol. The molecule has 5 heteroatoms. The number of rotatable bonds is 5. The van der Waals surface area contributed by atoms with E-state index in [1.54, 1.807) is 0 Å². The maximum absolute atomic E-state index is 11.7. The number of nitrogens with one attached hydrogen (secondary N) is 1. The molecular formula is C14H17N3O2. The summed E-state index contributed by atoms with van der Waals surface area (Å²) in [7, 11) is 0. The van der Waals surface area contributed by atoms with Crippen molar-refractivity contribution in [2.75, 3.05) is 25.1 Å². The fourth-order valence-electron chi connectivity index (χ4n) is 1.85. The minimum Gasteiger partial charge on any atom is -0.370 e. The highest BCUT2D eigenvalue weighted by atomic mass is 16.5. The van der Waals surface area contributed by atoms with Gasteiger partial charge in [-0.05, 0) is 19.1 Å². The van der Waals surface area contributed by atoms with Crippen LogP contribution in [0.1, 0.15) is 5.69 Å². The topological polar surface area (TPSA) is 77.2 Å². The highest BCUT2D eigenvalue weighted by molar-refractivity contribution is 6.01. The van der Waals surface area contributed by atoms with Crippen LogP contribution in [0.25, 0.3) is 10.9 Å². The van der Waals surface area contributed by atoms with Crippen LogP contribution < -0.4 is 11.1 Å². The van der Waals surface area contributed by atoms with Gasteiger partial charge in [-0.2, -0.15) is 0 Å². The van der Waals surface area contributed by atoms with Crippen LogP contribution in [-0.4, -0.2) is 30.6 Å². The number of hydrogen-bond acceptors (Lipinski definition) is 4. The second-order valence-electron chi connectivity index (χ2n) is 4.22. The molecule has 0 bridgehead atoms. The molecule has 1 aromatic carbocycles. The van der Waals surface area contributed by atoms with Gasteiger partial charge in [-0.25, -0.2) is 0 Å². The van der Waals surface area contributed by atoms with Crippen LogP contribution in [0.4, 0.5) is 5.69 Å². The van der Waals surface area contributed by atoms with E-state index >= 15 is 0 Å². The molecule has 1 amide bonds. The molecule has 0 aliphatic carbocycles. The summed E-state index contributed by atoms with van der Waals surface area (Å²) in [6.45, 7) is 2.69. The van der Waals surface area contributed by atoms with E-state index in [0.717, 1.165) is 22.3 Å². The first-order chi connectivity index (χ1) is 9.20. The van der Waals surface area contributed by atoms with Crippen molar-refractivity contribution < 1.29 is 9.53 Å². The zero-order chi connectivity index (χ0) is 13.7. The van der Waals surface area contributed by atoms with Crippen LogP contribution in [0.5, 0.6) is 0 Å². The number of carbonyl (C=O) groups is 1. The van der Waals surface area contributed by atoms with Crippen molar-refractivity contribution in [1.29, 1.82) is 0 Å². The third kappa shape index (κ3) is 3.49. The molecule has 1 heterocycles. The molecule has 0 saturated carbocycles. The molecule has 0 aliphatic rings. The van der Waals surface area contributed by atoms with Crippen molar-refractivity contribution in [1.82, 2.24) is 4.98 Å². The molecule has 0 atom stereocenters. The summed E-state index contributed by atoms with van der Waals surface area (Å²) < 4.78 is 5.11. The van der Waals surface area contributed by atoms with Crippen molar-refractivity contribution >= 4 is 22.5 Å². The molecule has 0 radical (unpaired) electrons. The fourth-order valence-corrected chi connectivity index (χ4v) is 1.85. The first kappa shape index (κ1) is 13.5. The minimum absolute atomic E-state index is 0.00684. The van der Waals surface area contributed by atoms with E-state index in [0.29, 0.717) is 13.2 Å². The molecule has 0 unspecified atom stereocenters. The number of nitrogens with zero attached hydrogens (tertiary/aromatic N) is 1. The summed E-state index contributed by atoms with van der Waals surface area (Å²) in [5, 5.41) is 3.76. The number of anilines is 1. The van der Waals surface area contributed by atoms with E-state index in [4.69, 9.17) is 10.5 Å². The van der Waals surface area contributed by atoms with Crippen molar-refractivity contribution in [3.63, 3.8) is 0 Å². The number of carbonyl (C=O) groups excluding carboxylic acids is 1. The van der Waals surface area contributed by atoms with Gasteiger partial charge in [0.2, 0.25) is 5.91 Å². The lowest BCUT2D eigenvalue weighted by Crippen LogP contribution is -2.21. The zero-order valence-corrected chi connectivity index (χ0v) is 10.8. The first-order valence-electron chi connectivity index (χ1n) is 6.15. The Bertz CT molecular complexity index is 584. The SMILES string of the molecule is Cc1cc(NC(=O)COCCN)c2ccccc2n1. The largest absolute Gasteiger partial charge is 0.370 e. The lowest BCUT2D eigenvalue weighted by atomic mass is 10.1. The third-order valence-corrected chi connectivity index (χ3v) is 2.61. The molecule has 1 aromatic heterocycles. The standard InChI is InChI=1S/C14H17N3O2/c1-10-8-13(17-14(18)9-19-7-6-15)11-4-2-3-5-12(11)16-10/h2-5,8H,6-7,9,15H2,1H3,(H,16,17,18). The second-order valence-corrected chi connectivity index (χ2v) is 4.22. The summed E-state index contributed by atoms with van der Waals surface area (Å²) in [6, 6.07) is 9.54. The van der Waals surface area contributed by atoms with Gasteiger partial charge in [-0.3, -0.25) is 9.78 Å². The molecule has 0 aliphatic heterocycles. The maximum Gasteiger partial charge on any atom is 0.250 e. The van der Waals surface area contributed by atoms with Gasteiger partial charge in [-0.1, -0.05) is 18.2 Å². The minimum atomic E-state index is -0.191. The lowest BCUT2D eigenvalue weighted by Gasteiger charge is -2.09. The van der Waals surface area contributed by atoms with Crippen LogP contribution in [-0.2, 0) is 9.53 Å². The number of ether oxygens (including phenoxy) is 1. The summed E-state index contributed by atoms with van der Waals surface area (Å²) in [5.74, 6) is -0.191. The Hall–Kier alpha value is -1.98. The van der Waals surface area contributed by atoms with Gasteiger partial charge in [-0.15, -0.1) is 0 Å². The second kappa shape index (κ2) is 6.26.